The van der Waals surface area contributed by atoms with E-state index in [-0.39, 0.29) is 5.69 Å². The van der Waals surface area contributed by atoms with Crippen molar-refractivity contribution < 1.29 is 18.3 Å². The fourth-order valence-corrected chi connectivity index (χ4v) is 1.16. The SMILES string of the molecule is COCCCNC(=O)c1ccnn1C(F)F. The van der Waals surface area contributed by atoms with E-state index >= 15 is 0 Å². The Morgan fingerprint density at radius 2 is 2.44 bits per heavy atom. The Morgan fingerprint density at radius 3 is 3.06 bits per heavy atom. The van der Waals surface area contributed by atoms with Crippen LogP contribution in [0.15, 0.2) is 12.3 Å². The molecule has 90 valence electrons. The van der Waals surface area contributed by atoms with E-state index in [0.29, 0.717) is 24.3 Å². The predicted molar refractivity (Wildman–Crippen MR) is 52.3 cm³/mol. The van der Waals surface area contributed by atoms with E-state index in [0.717, 1.165) is 6.20 Å². The second kappa shape index (κ2) is 6.16. The van der Waals surface area contributed by atoms with Gasteiger partial charge in [0.2, 0.25) is 0 Å². The number of hydrogen-bond acceptors (Lipinski definition) is 3. The number of methoxy groups -OCH3 is 1. The Labute approximate surface area is 91.4 Å². The molecule has 0 aliphatic rings. The summed E-state index contributed by atoms with van der Waals surface area (Å²) in [4.78, 5) is 11.4. The van der Waals surface area contributed by atoms with Crippen LogP contribution in [-0.2, 0) is 4.74 Å². The smallest absolute Gasteiger partial charge is 0.333 e. The summed E-state index contributed by atoms with van der Waals surface area (Å²) in [5.74, 6) is -0.561. The maximum atomic E-state index is 12.4. The minimum absolute atomic E-state index is 0.146. The fraction of sp³-hybridized carbons (Fsp3) is 0.556. The van der Waals surface area contributed by atoms with Crippen LogP contribution in [0.1, 0.15) is 23.5 Å². The van der Waals surface area contributed by atoms with E-state index in [1.807, 2.05) is 0 Å². The Hall–Kier alpha value is -1.50. The van der Waals surface area contributed by atoms with Crippen molar-refractivity contribution in [3.8, 4) is 0 Å². The van der Waals surface area contributed by atoms with Gasteiger partial charge in [0.25, 0.3) is 5.91 Å². The van der Waals surface area contributed by atoms with Gasteiger partial charge in [-0.2, -0.15) is 18.6 Å². The first-order chi connectivity index (χ1) is 7.66. The molecule has 1 N–H and O–H groups in total. The monoisotopic (exact) mass is 233 g/mol. The number of carbonyl (C=O) groups is 1. The van der Waals surface area contributed by atoms with Gasteiger partial charge in [-0.3, -0.25) is 4.79 Å². The van der Waals surface area contributed by atoms with Crippen LogP contribution in [0.25, 0.3) is 0 Å². The average molecular weight is 233 g/mol. The lowest BCUT2D eigenvalue weighted by atomic mass is 10.3. The molecule has 0 saturated heterocycles. The van der Waals surface area contributed by atoms with Crippen LogP contribution in [0.5, 0.6) is 0 Å². The molecule has 0 aliphatic heterocycles. The molecule has 1 aromatic rings. The van der Waals surface area contributed by atoms with E-state index in [9.17, 15) is 13.6 Å². The number of nitrogens with one attached hydrogen (secondary N) is 1. The van der Waals surface area contributed by atoms with Gasteiger partial charge in [-0.05, 0) is 12.5 Å². The largest absolute Gasteiger partial charge is 0.385 e. The molecule has 1 heterocycles. The van der Waals surface area contributed by atoms with E-state index < -0.39 is 12.5 Å². The quantitative estimate of drug-likeness (QED) is 0.747. The highest BCUT2D eigenvalue weighted by Gasteiger charge is 2.17. The standard InChI is InChI=1S/C9H13F2N3O2/c1-16-6-2-4-12-8(15)7-3-5-13-14(7)9(10)11/h3,5,9H,2,4,6H2,1H3,(H,12,15). The second-order valence-electron chi connectivity index (χ2n) is 3.04. The topological polar surface area (TPSA) is 56.1 Å². The Morgan fingerprint density at radius 1 is 1.69 bits per heavy atom. The van der Waals surface area contributed by atoms with E-state index in [4.69, 9.17) is 4.74 Å². The molecule has 7 heteroatoms. The zero-order valence-electron chi connectivity index (χ0n) is 8.82. The molecule has 1 aromatic heterocycles. The average Bonchev–Trinajstić information content (AvgIpc) is 2.73. The highest BCUT2D eigenvalue weighted by Crippen LogP contribution is 2.11. The van der Waals surface area contributed by atoms with Crippen LogP contribution in [0.4, 0.5) is 8.78 Å². The van der Waals surface area contributed by atoms with Crippen molar-refractivity contribution in [2.75, 3.05) is 20.3 Å². The number of nitrogens with zero attached hydrogens (tertiary/aromatic N) is 2. The molecule has 16 heavy (non-hydrogen) atoms. The summed E-state index contributed by atoms with van der Waals surface area (Å²) in [7, 11) is 1.55. The maximum Gasteiger partial charge on any atom is 0.333 e. The van der Waals surface area contributed by atoms with Gasteiger partial charge in [0.15, 0.2) is 0 Å². The molecule has 5 nitrogen and oxygen atoms in total. The van der Waals surface area contributed by atoms with Gasteiger partial charge in [-0.15, -0.1) is 0 Å². The molecule has 0 aromatic carbocycles. The lowest BCUT2D eigenvalue weighted by molar-refractivity contribution is 0.0509. The van der Waals surface area contributed by atoms with Crippen LogP contribution in [0.2, 0.25) is 0 Å². The van der Waals surface area contributed by atoms with Gasteiger partial charge < -0.3 is 10.1 Å². The van der Waals surface area contributed by atoms with Crippen molar-refractivity contribution >= 4 is 5.91 Å². The summed E-state index contributed by atoms with van der Waals surface area (Å²) in [6.45, 7) is -1.93. The van der Waals surface area contributed by atoms with Gasteiger partial charge in [0.1, 0.15) is 5.69 Å². The van der Waals surface area contributed by atoms with Gasteiger partial charge in [0.05, 0.1) is 0 Å². The first-order valence-electron chi connectivity index (χ1n) is 4.75. The number of ether oxygens (including phenoxy) is 1. The van der Waals surface area contributed by atoms with Crippen molar-refractivity contribution in [2.45, 2.75) is 13.0 Å². The molecule has 0 radical (unpaired) electrons. The fourth-order valence-electron chi connectivity index (χ4n) is 1.16. The van der Waals surface area contributed by atoms with Gasteiger partial charge in [-0.1, -0.05) is 0 Å². The van der Waals surface area contributed by atoms with Crippen molar-refractivity contribution in [3.63, 3.8) is 0 Å². The highest BCUT2D eigenvalue weighted by molar-refractivity contribution is 5.92. The zero-order valence-corrected chi connectivity index (χ0v) is 8.82. The lowest BCUT2D eigenvalue weighted by Gasteiger charge is -2.06. The number of carbonyl (C=O) groups excluding carboxylic acids is 1. The molecule has 0 unspecified atom stereocenters. The minimum atomic E-state index is -2.81. The summed E-state index contributed by atoms with van der Waals surface area (Å²) < 4.78 is 29.9. The van der Waals surface area contributed by atoms with Crippen LogP contribution < -0.4 is 5.32 Å². The molecule has 0 bridgehead atoms. The number of halogens is 2. The molecule has 0 aliphatic carbocycles. The Bertz CT molecular complexity index is 341. The molecule has 0 atom stereocenters. The summed E-state index contributed by atoms with van der Waals surface area (Å²) in [6.07, 6.45) is 1.79. The van der Waals surface area contributed by atoms with Crippen LogP contribution in [0.3, 0.4) is 0 Å². The predicted octanol–water partition coefficient (Wildman–Crippen LogP) is 1.04. The molecular weight excluding hydrogens is 220 g/mol. The van der Waals surface area contributed by atoms with Crippen molar-refractivity contribution in [1.82, 2.24) is 15.1 Å². The van der Waals surface area contributed by atoms with Crippen LogP contribution >= 0.6 is 0 Å². The van der Waals surface area contributed by atoms with E-state index in [2.05, 4.69) is 10.4 Å². The number of amides is 1. The van der Waals surface area contributed by atoms with Gasteiger partial charge in [0, 0.05) is 26.5 Å². The van der Waals surface area contributed by atoms with Crippen molar-refractivity contribution in [2.24, 2.45) is 0 Å². The Balaban J connectivity index is 2.49. The normalized spacial score (nSPS) is 10.8. The maximum absolute atomic E-state index is 12.4. The summed E-state index contributed by atoms with van der Waals surface area (Å²) in [5, 5.41) is 5.86. The lowest BCUT2D eigenvalue weighted by Crippen LogP contribution is -2.27. The first-order valence-corrected chi connectivity index (χ1v) is 4.75. The van der Waals surface area contributed by atoms with Crippen molar-refractivity contribution in [1.29, 1.82) is 0 Å². The third-order valence-electron chi connectivity index (χ3n) is 1.90. The van der Waals surface area contributed by atoms with E-state index in [1.165, 1.54) is 6.07 Å². The second-order valence-corrected chi connectivity index (χ2v) is 3.04. The van der Waals surface area contributed by atoms with E-state index in [1.54, 1.807) is 7.11 Å². The number of hydrogen-bond donors (Lipinski definition) is 1. The highest BCUT2D eigenvalue weighted by atomic mass is 19.3. The zero-order chi connectivity index (χ0) is 12.0. The van der Waals surface area contributed by atoms with Crippen LogP contribution in [0, 0.1) is 0 Å². The number of alkyl halides is 2. The minimum Gasteiger partial charge on any atom is -0.385 e. The first kappa shape index (κ1) is 12.6. The third-order valence-corrected chi connectivity index (χ3v) is 1.90. The number of aromatic nitrogens is 2. The molecule has 1 amide bonds. The van der Waals surface area contributed by atoms with Gasteiger partial charge >= 0.3 is 6.55 Å². The molecule has 0 fully saturated rings. The molecule has 1 rings (SSSR count). The molecule has 0 spiro atoms. The van der Waals surface area contributed by atoms with Gasteiger partial charge in [-0.25, -0.2) is 0 Å². The molecular formula is C9H13F2N3O2. The number of rotatable bonds is 6. The molecule has 0 saturated carbocycles. The van der Waals surface area contributed by atoms with Crippen molar-refractivity contribution in [3.05, 3.63) is 18.0 Å². The third kappa shape index (κ3) is 3.27. The summed E-state index contributed by atoms with van der Waals surface area (Å²) in [6, 6.07) is 1.25. The van der Waals surface area contributed by atoms with Crippen LogP contribution in [-0.4, -0.2) is 35.9 Å². The summed E-state index contributed by atoms with van der Waals surface area (Å²) in [5.41, 5.74) is -0.146. The Kier molecular flexibility index (Phi) is 4.84. The summed E-state index contributed by atoms with van der Waals surface area (Å²) >= 11 is 0.